The highest BCUT2D eigenvalue weighted by atomic mass is 127. The average Bonchev–Trinajstić information content (AvgIpc) is 2.22. The fraction of sp³-hybridized carbons (Fsp3) is 0.200. The Hall–Kier alpha value is -1.18. The van der Waals surface area contributed by atoms with E-state index in [9.17, 15) is 14.0 Å². The summed E-state index contributed by atoms with van der Waals surface area (Å²) in [4.78, 5) is 22.3. The van der Waals surface area contributed by atoms with E-state index >= 15 is 0 Å². The second-order valence-electron chi connectivity index (χ2n) is 2.80. The summed E-state index contributed by atoms with van der Waals surface area (Å²) >= 11 is 1.86. The highest BCUT2D eigenvalue weighted by molar-refractivity contribution is 14.1. The predicted octanol–water partition coefficient (Wildman–Crippen LogP) is 1.93. The number of hydrogen-bond donors (Lipinski definition) is 1. The lowest BCUT2D eigenvalue weighted by atomic mass is 10.3. The van der Waals surface area contributed by atoms with E-state index < -0.39 is 17.7 Å². The summed E-state index contributed by atoms with van der Waals surface area (Å²) in [6, 6.07) is 3.83. The van der Waals surface area contributed by atoms with Crippen LogP contribution in [0.1, 0.15) is 6.92 Å². The molecule has 0 spiro atoms. The Balaban J connectivity index is 2.73. The Labute approximate surface area is 105 Å². The molecule has 0 bridgehead atoms. The summed E-state index contributed by atoms with van der Waals surface area (Å²) in [5.41, 5.74) is 0.375. The highest BCUT2D eigenvalue weighted by Gasteiger charge is 2.15. The number of nitrogens with one attached hydrogen (secondary N) is 1. The zero-order chi connectivity index (χ0) is 12.1. The van der Waals surface area contributed by atoms with Crippen molar-refractivity contribution in [1.82, 2.24) is 0 Å². The van der Waals surface area contributed by atoms with Crippen LogP contribution in [0.15, 0.2) is 18.2 Å². The zero-order valence-corrected chi connectivity index (χ0v) is 10.6. The van der Waals surface area contributed by atoms with Crippen LogP contribution in [0.3, 0.4) is 0 Å². The van der Waals surface area contributed by atoms with Gasteiger partial charge in [-0.25, -0.2) is 9.18 Å². The number of ether oxygens (including phenoxy) is 1. The van der Waals surface area contributed by atoms with Crippen molar-refractivity contribution in [3.05, 3.63) is 27.6 Å². The monoisotopic (exact) mass is 337 g/mol. The molecular weight excluding hydrogens is 328 g/mol. The lowest BCUT2D eigenvalue weighted by Gasteiger charge is -2.06. The first kappa shape index (κ1) is 12.9. The number of carbonyl (C=O) groups is 2. The van der Waals surface area contributed by atoms with Gasteiger partial charge in [0.25, 0.3) is 0 Å². The number of esters is 1. The molecule has 0 radical (unpaired) electrons. The van der Waals surface area contributed by atoms with E-state index in [1.807, 2.05) is 22.6 Å². The molecule has 0 fully saturated rings. The van der Waals surface area contributed by atoms with Crippen LogP contribution in [0.2, 0.25) is 0 Å². The van der Waals surface area contributed by atoms with E-state index in [2.05, 4.69) is 10.1 Å². The fourth-order valence-electron chi connectivity index (χ4n) is 0.961. The van der Waals surface area contributed by atoms with Gasteiger partial charge in [0.15, 0.2) is 0 Å². The standard InChI is InChI=1S/C10H9FINO3/c1-2-16-10(15)9(14)13-8-4-3-6(11)5-7(8)12/h3-5H,2H2,1H3,(H,13,14). The minimum Gasteiger partial charge on any atom is -0.459 e. The number of rotatable bonds is 2. The third-order valence-corrected chi connectivity index (χ3v) is 2.53. The van der Waals surface area contributed by atoms with E-state index in [1.165, 1.54) is 18.2 Å². The van der Waals surface area contributed by atoms with Crippen molar-refractivity contribution in [2.75, 3.05) is 11.9 Å². The third-order valence-electron chi connectivity index (χ3n) is 1.64. The largest absolute Gasteiger partial charge is 0.459 e. The quantitative estimate of drug-likeness (QED) is 0.510. The molecule has 1 aromatic carbocycles. The molecule has 0 aliphatic heterocycles. The summed E-state index contributed by atoms with van der Waals surface area (Å²) in [6.45, 7) is 1.74. The van der Waals surface area contributed by atoms with Gasteiger partial charge >= 0.3 is 11.9 Å². The zero-order valence-electron chi connectivity index (χ0n) is 8.42. The van der Waals surface area contributed by atoms with E-state index in [4.69, 9.17) is 0 Å². The van der Waals surface area contributed by atoms with Gasteiger partial charge in [-0.1, -0.05) is 0 Å². The normalized spacial score (nSPS) is 9.69. The number of hydrogen-bond acceptors (Lipinski definition) is 3. The van der Waals surface area contributed by atoms with Gasteiger partial charge in [-0.05, 0) is 47.7 Å². The minimum absolute atomic E-state index is 0.132. The van der Waals surface area contributed by atoms with Gasteiger partial charge in [0.1, 0.15) is 5.82 Å². The number of benzene rings is 1. The van der Waals surface area contributed by atoms with Crippen molar-refractivity contribution in [2.45, 2.75) is 6.92 Å². The van der Waals surface area contributed by atoms with Gasteiger partial charge in [-0.3, -0.25) is 4.79 Å². The fourth-order valence-corrected chi connectivity index (χ4v) is 1.57. The number of carbonyl (C=O) groups excluding carboxylic acids is 2. The van der Waals surface area contributed by atoms with Crippen LogP contribution >= 0.6 is 22.6 Å². The molecule has 0 atom stereocenters. The molecule has 0 saturated heterocycles. The van der Waals surface area contributed by atoms with Gasteiger partial charge < -0.3 is 10.1 Å². The smallest absolute Gasteiger partial charge is 0.397 e. The minimum atomic E-state index is -0.956. The molecule has 1 amide bonds. The van der Waals surface area contributed by atoms with Crippen molar-refractivity contribution in [3.63, 3.8) is 0 Å². The van der Waals surface area contributed by atoms with E-state index in [-0.39, 0.29) is 6.61 Å². The number of anilines is 1. The maximum Gasteiger partial charge on any atom is 0.397 e. The SMILES string of the molecule is CCOC(=O)C(=O)Nc1ccc(F)cc1I. The molecule has 0 unspecified atom stereocenters. The van der Waals surface area contributed by atoms with Gasteiger partial charge in [0, 0.05) is 3.57 Å². The molecule has 0 saturated carbocycles. The summed E-state index contributed by atoms with van der Waals surface area (Å²) in [7, 11) is 0. The summed E-state index contributed by atoms with van der Waals surface area (Å²) in [6.07, 6.45) is 0. The van der Waals surface area contributed by atoms with Crippen LogP contribution in [0, 0.1) is 9.39 Å². The van der Waals surface area contributed by atoms with Gasteiger partial charge in [0.2, 0.25) is 0 Å². The lowest BCUT2D eigenvalue weighted by Crippen LogP contribution is -2.25. The Morgan fingerprint density at radius 2 is 2.19 bits per heavy atom. The molecular formula is C10H9FINO3. The van der Waals surface area contributed by atoms with Crippen molar-refractivity contribution in [2.24, 2.45) is 0 Å². The highest BCUT2D eigenvalue weighted by Crippen LogP contribution is 2.18. The molecule has 1 N–H and O–H groups in total. The number of halogens is 2. The second kappa shape index (κ2) is 5.78. The second-order valence-corrected chi connectivity index (χ2v) is 3.96. The summed E-state index contributed by atoms with van der Waals surface area (Å²) in [5.74, 6) is -2.23. The Morgan fingerprint density at radius 1 is 1.50 bits per heavy atom. The first-order valence-corrected chi connectivity index (χ1v) is 5.55. The molecule has 0 heterocycles. The van der Waals surface area contributed by atoms with E-state index in [0.29, 0.717) is 9.26 Å². The lowest BCUT2D eigenvalue weighted by molar-refractivity contribution is -0.152. The Bertz CT molecular complexity index is 423. The van der Waals surface area contributed by atoms with Crippen molar-refractivity contribution in [3.8, 4) is 0 Å². The van der Waals surface area contributed by atoms with Crippen LogP contribution < -0.4 is 5.32 Å². The van der Waals surface area contributed by atoms with Gasteiger partial charge in [-0.15, -0.1) is 0 Å². The molecule has 4 nitrogen and oxygen atoms in total. The van der Waals surface area contributed by atoms with Crippen LogP contribution in [-0.2, 0) is 14.3 Å². The van der Waals surface area contributed by atoms with E-state index in [1.54, 1.807) is 6.92 Å². The molecule has 0 aliphatic rings. The first-order valence-electron chi connectivity index (χ1n) is 4.47. The van der Waals surface area contributed by atoms with Crippen molar-refractivity contribution in [1.29, 1.82) is 0 Å². The first-order chi connectivity index (χ1) is 7.54. The maximum atomic E-state index is 12.8. The molecule has 1 rings (SSSR count). The number of amides is 1. The van der Waals surface area contributed by atoms with E-state index in [0.717, 1.165) is 0 Å². The maximum absolute atomic E-state index is 12.8. The average molecular weight is 337 g/mol. The van der Waals surface area contributed by atoms with Gasteiger partial charge in [0.05, 0.1) is 12.3 Å². The van der Waals surface area contributed by atoms with Crippen LogP contribution in [0.4, 0.5) is 10.1 Å². The molecule has 6 heteroatoms. The Kier molecular flexibility index (Phi) is 4.66. The molecule has 86 valence electrons. The molecule has 16 heavy (non-hydrogen) atoms. The summed E-state index contributed by atoms with van der Waals surface area (Å²) in [5, 5.41) is 2.33. The third kappa shape index (κ3) is 3.44. The van der Waals surface area contributed by atoms with Crippen molar-refractivity contribution >= 4 is 40.2 Å². The van der Waals surface area contributed by atoms with Crippen LogP contribution in [0.25, 0.3) is 0 Å². The van der Waals surface area contributed by atoms with Crippen molar-refractivity contribution < 1.29 is 18.7 Å². The topological polar surface area (TPSA) is 55.4 Å². The van der Waals surface area contributed by atoms with Gasteiger partial charge in [-0.2, -0.15) is 0 Å². The van der Waals surface area contributed by atoms with Crippen LogP contribution in [-0.4, -0.2) is 18.5 Å². The van der Waals surface area contributed by atoms with Crippen LogP contribution in [0.5, 0.6) is 0 Å². The molecule has 0 aliphatic carbocycles. The Morgan fingerprint density at radius 3 is 2.75 bits per heavy atom. The molecule has 0 aromatic heterocycles. The predicted molar refractivity (Wildman–Crippen MR) is 64.4 cm³/mol. The summed E-state index contributed by atoms with van der Waals surface area (Å²) < 4.78 is 17.8. The molecule has 1 aromatic rings.